The largest absolute Gasteiger partial charge is 0.496 e. The maximum absolute atomic E-state index is 12.9. The van der Waals surface area contributed by atoms with Crippen LogP contribution < -0.4 is 9.64 Å². The number of amides is 1. The molecule has 5 nitrogen and oxygen atoms in total. The van der Waals surface area contributed by atoms with Crippen LogP contribution >= 0.6 is 0 Å². The van der Waals surface area contributed by atoms with Crippen molar-refractivity contribution in [3.05, 3.63) is 58.7 Å². The van der Waals surface area contributed by atoms with Gasteiger partial charge in [0.05, 0.1) is 12.8 Å². The number of carbonyl (C=O) groups excluding carboxylic acids is 2. The Hall–Kier alpha value is -2.66. The van der Waals surface area contributed by atoms with Crippen molar-refractivity contribution in [2.75, 3.05) is 38.7 Å². The monoisotopic (exact) mass is 434 g/mol. The Balaban J connectivity index is 1.25. The number of para-hydroxylation sites is 1. The zero-order valence-corrected chi connectivity index (χ0v) is 19.4. The predicted molar refractivity (Wildman–Crippen MR) is 128 cm³/mol. The van der Waals surface area contributed by atoms with Crippen molar-refractivity contribution >= 4 is 17.4 Å². The molecule has 1 amide bonds. The van der Waals surface area contributed by atoms with Gasteiger partial charge in [-0.15, -0.1) is 0 Å². The number of hydrogen-bond acceptors (Lipinski definition) is 4. The SMILES string of the molecule is COc1ccccc1CCN(C)CCCCC(=O)c1cc2c3c(c1)CCC(=O)N3CCC2. The Labute approximate surface area is 191 Å². The minimum absolute atomic E-state index is 0.229. The van der Waals surface area contributed by atoms with Gasteiger partial charge in [0.1, 0.15) is 5.75 Å². The summed E-state index contributed by atoms with van der Waals surface area (Å²) in [4.78, 5) is 29.4. The van der Waals surface area contributed by atoms with E-state index in [1.165, 1.54) is 16.7 Å². The van der Waals surface area contributed by atoms with Gasteiger partial charge in [0.25, 0.3) is 0 Å². The van der Waals surface area contributed by atoms with Crippen LogP contribution in [0.3, 0.4) is 0 Å². The van der Waals surface area contributed by atoms with Crippen LogP contribution in [0.2, 0.25) is 0 Å². The number of unbranched alkanes of at least 4 members (excludes halogenated alkanes) is 1. The van der Waals surface area contributed by atoms with Gasteiger partial charge in [-0.3, -0.25) is 9.59 Å². The number of nitrogens with zero attached hydrogens (tertiary/aromatic N) is 2. The molecule has 2 aromatic carbocycles. The number of hydrogen-bond donors (Lipinski definition) is 0. The molecule has 5 heteroatoms. The van der Waals surface area contributed by atoms with Crippen molar-refractivity contribution in [3.8, 4) is 5.75 Å². The Bertz CT molecular complexity index is 968. The number of carbonyl (C=O) groups is 2. The molecule has 0 aliphatic carbocycles. The van der Waals surface area contributed by atoms with E-state index in [2.05, 4.69) is 18.0 Å². The van der Waals surface area contributed by atoms with E-state index in [-0.39, 0.29) is 11.7 Å². The van der Waals surface area contributed by atoms with E-state index in [1.54, 1.807) is 7.11 Å². The van der Waals surface area contributed by atoms with Gasteiger partial charge < -0.3 is 14.5 Å². The number of likely N-dealkylation sites (N-methyl/N-ethyl adjacent to an activating group) is 1. The summed E-state index contributed by atoms with van der Waals surface area (Å²) in [5.41, 5.74) is 5.52. The molecule has 0 radical (unpaired) electrons. The summed E-state index contributed by atoms with van der Waals surface area (Å²) in [5, 5.41) is 0. The first-order chi connectivity index (χ1) is 15.6. The molecule has 0 saturated carbocycles. The van der Waals surface area contributed by atoms with Crippen LogP contribution in [0, 0.1) is 0 Å². The molecule has 0 N–H and O–H groups in total. The van der Waals surface area contributed by atoms with E-state index in [0.29, 0.717) is 12.8 Å². The second kappa shape index (κ2) is 10.3. The normalized spacial score (nSPS) is 15.1. The molecule has 0 unspecified atom stereocenters. The lowest BCUT2D eigenvalue weighted by molar-refractivity contribution is -0.119. The average Bonchev–Trinajstić information content (AvgIpc) is 2.82. The molecule has 4 rings (SSSR count). The third kappa shape index (κ3) is 5.04. The van der Waals surface area contributed by atoms with Crippen LogP contribution in [0.25, 0.3) is 0 Å². The summed E-state index contributed by atoms with van der Waals surface area (Å²) >= 11 is 0. The summed E-state index contributed by atoms with van der Waals surface area (Å²) in [6.07, 6.45) is 6.71. The highest BCUT2D eigenvalue weighted by atomic mass is 16.5. The van der Waals surface area contributed by atoms with Crippen molar-refractivity contribution in [1.29, 1.82) is 0 Å². The van der Waals surface area contributed by atoms with Crippen LogP contribution in [0.15, 0.2) is 36.4 Å². The number of aryl methyl sites for hydroxylation is 2. The molecule has 0 bridgehead atoms. The van der Waals surface area contributed by atoms with Gasteiger partial charge in [-0.1, -0.05) is 18.2 Å². The molecular weight excluding hydrogens is 400 g/mol. The smallest absolute Gasteiger partial charge is 0.227 e. The van der Waals surface area contributed by atoms with Crippen LogP contribution in [0.1, 0.15) is 59.2 Å². The number of ether oxygens (including phenoxy) is 1. The van der Waals surface area contributed by atoms with Gasteiger partial charge in [0.2, 0.25) is 5.91 Å². The summed E-state index contributed by atoms with van der Waals surface area (Å²) in [7, 11) is 3.85. The Morgan fingerprint density at radius 1 is 1.06 bits per heavy atom. The zero-order chi connectivity index (χ0) is 22.5. The topological polar surface area (TPSA) is 49.9 Å². The molecule has 0 atom stereocenters. The van der Waals surface area contributed by atoms with E-state index in [0.717, 1.165) is 75.2 Å². The fourth-order valence-electron chi connectivity index (χ4n) is 4.96. The molecule has 170 valence electrons. The molecular formula is C27H34N2O3. The van der Waals surface area contributed by atoms with E-state index in [1.807, 2.05) is 35.2 Å². The summed E-state index contributed by atoms with van der Waals surface area (Å²) < 4.78 is 5.44. The molecule has 0 aromatic heterocycles. The minimum Gasteiger partial charge on any atom is -0.496 e. The molecule has 2 heterocycles. The maximum atomic E-state index is 12.9. The molecule has 2 aliphatic rings. The van der Waals surface area contributed by atoms with Crippen molar-refractivity contribution in [3.63, 3.8) is 0 Å². The van der Waals surface area contributed by atoms with Gasteiger partial charge in [0, 0.05) is 31.5 Å². The third-order valence-electron chi connectivity index (χ3n) is 6.75. The fraction of sp³-hybridized carbons (Fsp3) is 0.481. The molecule has 0 spiro atoms. The van der Waals surface area contributed by atoms with Crippen LogP contribution in [-0.4, -0.2) is 50.4 Å². The van der Waals surface area contributed by atoms with Gasteiger partial charge >= 0.3 is 0 Å². The van der Waals surface area contributed by atoms with Crippen molar-refractivity contribution in [2.24, 2.45) is 0 Å². The number of Topliss-reactive ketones (excluding diaryl/α,β-unsaturated/α-hetero) is 1. The lowest BCUT2D eigenvalue weighted by atomic mass is 9.88. The van der Waals surface area contributed by atoms with Crippen LogP contribution in [-0.2, 0) is 24.1 Å². The molecule has 32 heavy (non-hydrogen) atoms. The highest BCUT2D eigenvalue weighted by Gasteiger charge is 2.30. The van der Waals surface area contributed by atoms with Crippen LogP contribution in [0.4, 0.5) is 5.69 Å². The molecule has 2 aromatic rings. The predicted octanol–water partition coefficient (Wildman–Crippen LogP) is 4.45. The quantitative estimate of drug-likeness (QED) is 0.410. The summed E-state index contributed by atoms with van der Waals surface area (Å²) in [5.74, 6) is 1.41. The lowest BCUT2D eigenvalue weighted by Gasteiger charge is -2.35. The summed E-state index contributed by atoms with van der Waals surface area (Å²) in [6, 6.07) is 12.3. The van der Waals surface area contributed by atoms with E-state index in [4.69, 9.17) is 4.74 Å². The fourth-order valence-corrected chi connectivity index (χ4v) is 4.96. The van der Waals surface area contributed by atoms with Crippen molar-refractivity contribution < 1.29 is 14.3 Å². The second-order valence-corrected chi connectivity index (χ2v) is 9.04. The molecule has 0 saturated heterocycles. The molecule has 2 aliphatic heterocycles. The van der Waals surface area contributed by atoms with E-state index >= 15 is 0 Å². The Morgan fingerprint density at radius 2 is 1.84 bits per heavy atom. The summed E-state index contributed by atoms with van der Waals surface area (Å²) in [6.45, 7) is 2.77. The number of ketones is 1. The number of benzene rings is 2. The van der Waals surface area contributed by atoms with Gasteiger partial charge in [-0.25, -0.2) is 0 Å². The third-order valence-corrected chi connectivity index (χ3v) is 6.75. The minimum atomic E-state index is 0.229. The number of anilines is 1. The van der Waals surface area contributed by atoms with Gasteiger partial charge in [-0.2, -0.15) is 0 Å². The lowest BCUT2D eigenvalue weighted by Crippen LogP contribution is -2.39. The van der Waals surface area contributed by atoms with Crippen molar-refractivity contribution in [2.45, 2.75) is 51.4 Å². The van der Waals surface area contributed by atoms with Gasteiger partial charge in [-0.05, 0) is 87.0 Å². The standard InChI is InChI=1S/C27H34N2O3/c1-28(17-14-20-8-3-4-11-25(20)32-2)15-6-5-10-24(30)23-18-21-9-7-16-29-26(31)13-12-22(19-23)27(21)29/h3-4,8,11,18-19H,5-7,9-10,12-17H2,1-2H3. The Morgan fingerprint density at radius 3 is 2.66 bits per heavy atom. The molecule has 0 fully saturated rings. The number of methoxy groups -OCH3 is 1. The highest BCUT2D eigenvalue weighted by Crippen LogP contribution is 2.36. The second-order valence-electron chi connectivity index (χ2n) is 9.04. The van der Waals surface area contributed by atoms with E-state index < -0.39 is 0 Å². The first kappa shape index (κ1) is 22.5. The maximum Gasteiger partial charge on any atom is 0.227 e. The number of rotatable bonds is 10. The average molecular weight is 435 g/mol. The van der Waals surface area contributed by atoms with Crippen LogP contribution in [0.5, 0.6) is 5.75 Å². The highest BCUT2D eigenvalue weighted by molar-refractivity contribution is 6.01. The van der Waals surface area contributed by atoms with Crippen molar-refractivity contribution in [1.82, 2.24) is 4.90 Å². The zero-order valence-electron chi connectivity index (χ0n) is 19.4. The Kier molecular flexibility index (Phi) is 7.26. The van der Waals surface area contributed by atoms with E-state index in [9.17, 15) is 9.59 Å². The first-order valence-electron chi connectivity index (χ1n) is 11.9. The first-order valence-corrected chi connectivity index (χ1v) is 11.9. The van der Waals surface area contributed by atoms with Gasteiger partial charge in [0.15, 0.2) is 5.78 Å².